The van der Waals surface area contributed by atoms with E-state index in [1.165, 1.54) is 12.8 Å². The number of halogens is 3. The number of carboxylic acids is 1. The molecule has 0 bridgehead atoms. The summed E-state index contributed by atoms with van der Waals surface area (Å²) in [4.78, 5) is 25.7. The highest BCUT2D eigenvalue weighted by atomic mass is 19.4. The molecule has 6 nitrogen and oxygen atoms in total. The normalized spacial score (nSPS) is 30.5. The van der Waals surface area contributed by atoms with Crippen molar-refractivity contribution in [2.75, 3.05) is 46.4 Å². The smallest absolute Gasteiger partial charge is 0.475 e. The molecule has 1 amide bonds. The number of piperidine rings is 1. The van der Waals surface area contributed by atoms with Gasteiger partial charge in [0.1, 0.15) is 0 Å². The van der Waals surface area contributed by atoms with Crippen molar-refractivity contribution in [2.24, 2.45) is 11.3 Å². The summed E-state index contributed by atoms with van der Waals surface area (Å²) in [6, 6.07) is 0. The zero-order valence-corrected chi connectivity index (χ0v) is 14.3. The van der Waals surface area contributed by atoms with Gasteiger partial charge in [0.05, 0.1) is 12.0 Å². The first kappa shape index (κ1) is 20.0. The Hall–Kier alpha value is -1.35. The molecule has 3 aliphatic rings. The summed E-state index contributed by atoms with van der Waals surface area (Å²) in [6.45, 7) is 6.04. The Kier molecular flexibility index (Phi) is 6.31. The molecule has 3 aliphatic heterocycles. The summed E-state index contributed by atoms with van der Waals surface area (Å²) in [7, 11) is 1.95. The lowest BCUT2D eigenvalue weighted by atomic mass is 9.78. The number of carbonyl (C=O) groups excluding carboxylic acids is 1. The van der Waals surface area contributed by atoms with Crippen molar-refractivity contribution in [3.8, 4) is 0 Å². The summed E-state index contributed by atoms with van der Waals surface area (Å²) < 4.78 is 37.2. The molecule has 3 rings (SSSR count). The van der Waals surface area contributed by atoms with Crippen LogP contribution in [0.1, 0.15) is 25.7 Å². The van der Waals surface area contributed by atoms with Crippen LogP contribution in [0.5, 0.6) is 0 Å². The molecule has 0 aromatic rings. The minimum Gasteiger partial charge on any atom is -0.475 e. The second-order valence-corrected chi connectivity index (χ2v) is 7.13. The molecule has 0 aliphatic carbocycles. The Morgan fingerprint density at radius 3 is 2.52 bits per heavy atom. The fourth-order valence-electron chi connectivity index (χ4n) is 3.85. The summed E-state index contributed by atoms with van der Waals surface area (Å²) in [5, 5.41) is 7.12. The van der Waals surface area contributed by atoms with E-state index in [-0.39, 0.29) is 5.41 Å². The van der Waals surface area contributed by atoms with Crippen molar-refractivity contribution < 1.29 is 32.6 Å². The maximum absolute atomic E-state index is 12.3. The SMILES string of the molecule is CN1CCC2(CCCN(CC3CCOC3)C2)C1=O.O=C(O)C(F)(F)F. The zero-order valence-electron chi connectivity index (χ0n) is 14.3. The molecule has 1 N–H and O–H groups in total. The Bertz CT molecular complexity index is 490. The molecule has 2 unspecified atom stereocenters. The molecule has 0 radical (unpaired) electrons. The number of carboxylic acid groups (broad SMARTS) is 1. The molecule has 3 fully saturated rings. The predicted molar refractivity (Wildman–Crippen MR) is 83.0 cm³/mol. The molecule has 9 heteroatoms. The van der Waals surface area contributed by atoms with Crippen LogP contribution >= 0.6 is 0 Å². The molecule has 0 aromatic heterocycles. The van der Waals surface area contributed by atoms with Crippen LogP contribution < -0.4 is 0 Å². The fraction of sp³-hybridized carbons (Fsp3) is 0.875. The van der Waals surface area contributed by atoms with Gasteiger partial charge in [0.25, 0.3) is 0 Å². The van der Waals surface area contributed by atoms with Crippen LogP contribution in [0.3, 0.4) is 0 Å². The van der Waals surface area contributed by atoms with E-state index in [0.717, 1.165) is 52.2 Å². The van der Waals surface area contributed by atoms with Gasteiger partial charge in [-0.05, 0) is 38.1 Å². The number of amides is 1. The average molecular weight is 366 g/mol. The maximum Gasteiger partial charge on any atom is 0.490 e. The third kappa shape index (κ3) is 5.07. The number of carbonyl (C=O) groups is 2. The standard InChI is InChI=1S/C14H24N2O2.C2HF3O2/c1-15-7-5-14(13(15)17)4-2-6-16(11-14)9-12-3-8-18-10-12;3-2(4,5)1(6)7/h12H,2-11H2,1H3;(H,6,7). The summed E-state index contributed by atoms with van der Waals surface area (Å²) >= 11 is 0. The topological polar surface area (TPSA) is 70.1 Å². The minimum atomic E-state index is -5.08. The molecule has 144 valence electrons. The molecular formula is C16H25F3N2O4. The van der Waals surface area contributed by atoms with E-state index < -0.39 is 12.1 Å². The number of rotatable bonds is 2. The molecule has 25 heavy (non-hydrogen) atoms. The van der Waals surface area contributed by atoms with E-state index in [0.29, 0.717) is 11.8 Å². The molecular weight excluding hydrogens is 341 g/mol. The predicted octanol–water partition coefficient (Wildman–Crippen LogP) is 1.60. The lowest BCUT2D eigenvalue weighted by Gasteiger charge is -2.39. The van der Waals surface area contributed by atoms with Crippen molar-refractivity contribution in [2.45, 2.75) is 31.9 Å². The van der Waals surface area contributed by atoms with Crippen LogP contribution in [0.15, 0.2) is 0 Å². The van der Waals surface area contributed by atoms with Crippen molar-refractivity contribution >= 4 is 11.9 Å². The van der Waals surface area contributed by atoms with Crippen molar-refractivity contribution in [1.82, 2.24) is 9.80 Å². The minimum absolute atomic E-state index is 0.0491. The van der Waals surface area contributed by atoms with Gasteiger partial charge in [0.15, 0.2) is 0 Å². The summed E-state index contributed by atoms with van der Waals surface area (Å²) in [5.74, 6) is -1.68. The highest BCUT2D eigenvalue weighted by Gasteiger charge is 2.47. The van der Waals surface area contributed by atoms with Crippen LogP contribution in [0.4, 0.5) is 13.2 Å². The van der Waals surface area contributed by atoms with Gasteiger partial charge in [-0.25, -0.2) is 4.79 Å². The lowest BCUT2D eigenvalue weighted by Crippen LogP contribution is -2.48. The van der Waals surface area contributed by atoms with Crippen molar-refractivity contribution in [3.05, 3.63) is 0 Å². The summed E-state index contributed by atoms with van der Waals surface area (Å²) in [6.07, 6.45) is -0.571. The Labute approximate surface area is 144 Å². The van der Waals surface area contributed by atoms with E-state index in [2.05, 4.69) is 4.90 Å². The van der Waals surface area contributed by atoms with Crippen LogP contribution in [0.25, 0.3) is 0 Å². The van der Waals surface area contributed by atoms with E-state index >= 15 is 0 Å². The first-order valence-corrected chi connectivity index (χ1v) is 8.50. The first-order chi connectivity index (χ1) is 11.6. The van der Waals surface area contributed by atoms with Gasteiger partial charge in [-0.15, -0.1) is 0 Å². The average Bonchev–Trinajstić information content (AvgIpc) is 3.13. The van der Waals surface area contributed by atoms with E-state index in [1.54, 1.807) is 0 Å². The number of likely N-dealkylation sites (tertiary alicyclic amines) is 2. The third-order valence-corrected chi connectivity index (χ3v) is 5.16. The van der Waals surface area contributed by atoms with Crippen LogP contribution in [0.2, 0.25) is 0 Å². The van der Waals surface area contributed by atoms with Gasteiger partial charge in [0, 0.05) is 33.3 Å². The van der Waals surface area contributed by atoms with Crippen LogP contribution in [-0.4, -0.2) is 79.4 Å². The van der Waals surface area contributed by atoms with Gasteiger partial charge < -0.3 is 19.6 Å². The number of alkyl halides is 3. The molecule has 1 spiro atoms. The fourth-order valence-corrected chi connectivity index (χ4v) is 3.85. The van der Waals surface area contributed by atoms with E-state index in [1.807, 2.05) is 11.9 Å². The second-order valence-electron chi connectivity index (χ2n) is 7.13. The molecule has 0 aromatic carbocycles. The molecule has 3 saturated heterocycles. The second kappa shape index (κ2) is 7.90. The number of aliphatic carboxylic acids is 1. The van der Waals surface area contributed by atoms with Crippen LogP contribution in [-0.2, 0) is 14.3 Å². The van der Waals surface area contributed by atoms with Gasteiger partial charge >= 0.3 is 12.1 Å². The zero-order chi connectivity index (χ0) is 18.7. The highest BCUT2D eigenvalue weighted by molar-refractivity contribution is 5.85. The van der Waals surface area contributed by atoms with E-state index in [9.17, 15) is 18.0 Å². The first-order valence-electron chi connectivity index (χ1n) is 8.50. The van der Waals surface area contributed by atoms with Gasteiger partial charge in [0.2, 0.25) is 5.91 Å². The summed E-state index contributed by atoms with van der Waals surface area (Å²) in [5.41, 5.74) is -0.0491. The molecule has 0 saturated carbocycles. The number of hydrogen-bond donors (Lipinski definition) is 1. The number of ether oxygens (including phenoxy) is 1. The van der Waals surface area contributed by atoms with Gasteiger partial charge in [-0.2, -0.15) is 13.2 Å². The van der Waals surface area contributed by atoms with E-state index in [4.69, 9.17) is 14.6 Å². The highest BCUT2D eigenvalue weighted by Crippen LogP contribution is 2.39. The van der Waals surface area contributed by atoms with Gasteiger partial charge in [-0.3, -0.25) is 4.79 Å². The third-order valence-electron chi connectivity index (χ3n) is 5.16. The quantitative estimate of drug-likeness (QED) is 0.804. The van der Waals surface area contributed by atoms with Gasteiger partial charge in [-0.1, -0.05) is 0 Å². The monoisotopic (exact) mass is 366 g/mol. The molecule has 2 atom stereocenters. The maximum atomic E-state index is 12.3. The molecule has 3 heterocycles. The Morgan fingerprint density at radius 1 is 1.36 bits per heavy atom. The Morgan fingerprint density at radius 2 is 2.04 bits per heavy atom. The largest absolute Gasteiger partial charge is 0.490 e. The van der Waals surface area contributed by atoms with Crippen molar-refractivity contribution in [3.63, 3.8) is 0 Å². The Balaban J connectivity index is 0.000000277. The number of nitrogens with zero attached hydrogens (tertiary/aromatic N) is 2. The lowest BCUT2D eigenvalue weighted by molar-refractivity contribution is -0.192. The van der Waals surface area contributed by atoms with Crippen molar-refractivity contribution in [1.29, 1.82) is 0 Å². The number of hydrogen-bond acceptors (Lipinski definition) is 4. The van der Waals surface area contributed by atoms with Crippen LogP contribution in [0, 0.1) is 11.3 Å².